The molecule has 5 nitrogen and oxygen atoms in total. The maximum absolute atomic E-state index is 12.3. The van der Waals surface area contributed by atoms with Gasteiger partial charge in [-0.2, -0.15) is 0 Å². The second-order valence-corrected chi connectivity index (χ2v) is 6.17. The van der Waals surface area contributed by atoms with Gasteiger partial charge in [0.05, 0.1) is 5.75 Å². The normalized spacial score (nSPS) is 18.7. The van der Waals surface area contributed by atoms with E-state index in [1.165, 1.54) is 0 Å². The first-order chi connectivity index (χ1) is 10.3. The van der Waals surface area contributed by atoms with Crippen LogP contribution in [-0.2, 0) is 4.79 Å². The molecule has 0 radical (unpaired) electrons. The van der Waals surface area contributed by atoms with E-state index in [-0.39, 0.29) is 5.91 Å². The third-order valence-electron chi connectivity index (χ3n) is 3.69. The molecular formula is C15H18N4OS. The number of amides is 1. The summed E-state index contributed by atoms with van der Waals surface area (Å²) in [5, 5.41) is 0. The lowest BCUT2D eigenvalue weighted by molar-refractivity contribution is -0.129. The molecule has 3 heterocycles. The highest BCUT2D eigenvalue weighted by atomic mass is 32.2. The Morgan fingerprint density at radius 1 is 1.38 bits per heavy atom. The number of carbonyl (C=O) groups is 1. The van der Waals surface area contributed by atoms with Crippen LogP contribution < -0.4 is 0 Å². The molecule has 21 heavy (non-hydrogen) atoms. The second-order valence-electron chi connectivity index (χ2n) is 5.12. The number of aromatic nitrogens is 3. The van der Waals surface area contributed by atoms with Crippen LogP contribution in [0.4, 0.5) is 0 Å². The molecule has 0 saturated carbocycles. The molecule has 0 spiro atoms. The maximum Gasteiger partial charge on any atom is 0.232 e. The predicted molar refractivity (Wildman–Crippen MR) is 82.1 cm³/mol. The maximum atomic E-state index is 12.3. The fourth-order valence-electron chi connectivity index (χ4n) is 2.60. The van der Waals surface area contributed by atoms with Crippen molar-refractivity contribution < 1.29 is 4.79 Å². The van der Waals surface area contributed by atoms with E-state index < -0.39 is 0 Å². The second kappa shape index (κ2) is 6.76. The summed E-state index contributed by atoms with van der Waals surface area (Å²) in [4.78, 5) is 26.9. The molecule has 1 fully saturated rings. The third-order valence-corrected chi connectivity index (χ3v) is 4.69. The van der Waals surface area contributed by atoms with Gasteiger partial charge in [0, 0.05) is 48.7 Å². The van der Waals surface area contributed by atoms with Crippen molar-refractivity contribution in [3.63, 3.8) is 0 Å². The Morgan fingerprint density at radius 2 is 2.24 bits per heavy atom. The Balaban J connectivity index is 1.55. The van der Waals surface area contributed by atoms with Crippen molar-refractivity contribution in [1.29, 1.82) is 0 Å². The van der Waals surface area contributed by atoms with Crippen molar-refractivity contribution in [2.75, 3.05) is 18.8 Å². The van der Waals surface area contributed by atoms with Crippen LogP contribution >= 0.6 is 11.8 Å². The topological polar surface area (TPSA) is 61.9 Å². The number of H-pyrrole nitrogens is 1. The van der Waals surface area contributed by atoms with Crippen LogP contribution in [0.1, 0.15) is 24.6 Å². The molecule has 1 saturated heterocycles. The number of pyridine rings is 1. The van der Waals surface area contributed by atoms with Gasteiger partial charge in [-0.25, -0.2) is 4.98 Å². The highest BCUT2D eigenvalue weighted by Crippen LogP contribution is 2.25. The van der Waals surface area contributed by atoms with Crippen LogP contribution in [0, 0.1) is 0 Å². The number of rotatable bonds is 4. The van der Waals surface area contributed by atoms with Crippen LogP contribution in [0.5, 0.6) is 0 Å². The number of nitrogens with one attached hydrogen (secondary N) is 1. The Hall–Kier alpha value is -1.82. The molecule has 1 unspecified atom stereocenters. The lowest BCUT2D eigenvalue weighted by Gasteiger charge is -2.31. The van der Waals surface area contributed by atoms with Crippen molar-refractivity contribution in [2.45, 2.75) is 23.7 Å². The lowest BCUT2D eigenvalue weighted by Crippen LogP contribution is -2.40. The SMILES string of the molecule is O=C(CSc1ccncc1)N1CCCC(c2ncc[nH]2)C1. The van der Waals surface area contributed by atoms with Gasteiger partial charge in [-0.3, -0.25) is 9.78 Å². The number of thioether (sulfide) groups is 1. The molecule has 0 aromatic carbocycles. The molecule has 1 aliphatic heterocycles. The van der Waals surface area contributed by atoms with Gasteiger partial charge >= 0.3 is 0 Å². The zero-order valence-electron chi connectivity index (χ0n) is 11.7. The summed E-state index contributed by atoms with van der Waals surface area (Å²) in [6.45, 7) is 1.62. The summed E-state index contributed by atoms with van der Waals surface area (Å²) >= 11 is 1.57. The molecule has 1 amide bonds. The third kappa shape index (κ3) is 3.64. The summed E-state index contributed by atoms with van der Waals surface area (Å²) in [5.74, 6) is 2.01. The minimum absolute atomic E-state index is 0.202. The van der Waals surface area contributed by atoms with Gasteiger partial charge in [-0.1, -0.05) is 0 Å². The standard InChI is InChI=1S/C15H18N4OS/c20-14(11-21-13-3-5-16-6-4-13)19-9-1-2-12(10-19)15-17-7-8-18-15/h3-8,12H,1-2,9-11H2,(H,17,18). The zero-order valence-corrected chi connectivity index (χ0v) is 12.6. The number of hydrogen-bond donors (Lipinski definition) is 1. The first-order valence-electron chi connectivity index (χ1n) is 7.13. The zero-order chi connectivity index (χ0) is 14.5. The molecule has 0 aliphatic carbocycles. The summed E-state index contributed by atoms with van der Waals surface area (Å²) in [5.41, 5.74) is 0. The van der Waals surface area contributed by atoms with E-state index in [4.69, 9.17) is 0 Å². The fourth-order valence-corrected chi connectivity index (χ4v) is 3.39. The average molecular weight is 302 g/mol. The smallest absolute Gasteiger partial charge is 0.232 e. The lowest BCUT2D eigenvalue weighted by atomic mass is 9.97. The summed E-state index contributed by atoms with van der Waals surface area (Å²) in [7, 11) is 0. The number of piperidine rings is 1. The number of hydrogen-bond acceptors (Lipinski definition) is 4. The number of likely N-dealkylation sites (tertiary alicyclic amines) is 1. The van der Waals surface area contributed by atoms with Crippen molar-refractivity contribution in [1.82, 2.24) is 19.9 Å². The molecule has 2 aromatic heterocycles. The summed E-state index contributed by atoms with van der Waals surface area (Å²) in [6.07, 6.45) is 9.25. The Morgan fingerprint density at radius 3 is 3.00 bits per heavy atom. The summed E-state index contributed by atoms with van der Waals surface area (Å²) < 4.78 is 0. The first-order valence-corrected chi connectivity index (χ1v) is 8.11. The fraction of sp³-hybridized carbons (Fsp3) is 0.400. The van der Waals surface area contributed by atoms with Crippen molar-refractivity contribution in [3.8, 4) is 0 Å². The van der Waals surface area contributed by atoms with Gasteiger partial charge in [0.15, 0.2) is 0 Å². The van der Waals surface area contributed by atoms with Crippen LogP contribution in [0.15, 0.2) is 41.8 Å². The number of aromatic amines is 1. The molecule has 3 rings (SSSR count). The molecule has 1 aliphatic rings. The van der Waals surface area contributed by atoms with Crippen molar-refractivity contribution in [3.05, 3.63) is 42.7 Å². The van der Waals surface area contributed by atoms with Crippen LogP contribution in [-0.4, -0.2) is 44.6 Å². The number of carbonyl (C=O) groups excluding carboxylic acids is 1. The van der Waals surface area contributed by atoms with E-state index >= 15 is 0 Å². The van der Waals surface area contributed by atoms with E-state index in [2.05, 4.69) is 15.0 Å². The van der Waals surface area contributed by atoms with Crippen LogP contribution in [0.2, 0.25) is 0 Å². The van der Waals surface area contributed by atoms with Crippen molar-refractivity contribution in [2.24, 2.45) is 0 Å². The minimum atomic E-state index is 0.202. The van der Waals surface area contributed by atoms with Crippen molar-refractivity contribution >= 4 is 17.7 Å². The first kappa shape index (κ1) is 14.1. The average Bonchev–Trinajstić information content (AvgIpc) is 3.08. The van der Waals surface area contributed by atoms with E-state index in [0.717, 1.165) is 36.7 Å². The van der Waals surface area contributed by atoms with Gasteiger partial charge in [0.1, 0.15) is 5.82 Å². The number of imidazole rings is 1. The van der Waals surface area contributed by atoms with E-state index in [1.807, 2.05) is 23.2 Å². The van der Waals surface area contributed by atoms with E-state index in [1.54, 1.807) is 30.4 Å². The van der Waals surface area contributed by atoms with Gasteiger partial charge < -0.3 is 9.88 Å². The Kier molecular flexibility index (Phi) is 4.55. The summed E-state index contributed by atoms with van der Waals surface area (Å²) in [6, 6.07) is 3.86. The number of nitrogens with zero attached hydrogens (tertiary/aromatic N) is 3. The monoisotopic (exact) mass is 302 g/mol. The van der Waals surface area contributed by atoms with E-state index in [9.17, 15) is 4.79 Å². The molecule has 1 N–H and O–H groups in total. The van der Waals surface area contributed by atoms with Gasteiger partial charge in [-0.15, -0.1) is 11.8 Å². The molecule has 0 bridgehead atoms. The molecular weight excluding hydrogens is 284 g/mol. The van der Waals surface area contributed by atoms with Gasteiger partial charge in [-0.05, 0) is 25.0 Å². The van der Waals surface area contributed by atoms with Crippen LogP contribution in [0.25, 0.3) is 0 Å². The van der Waals surface area contributed by atoms with E-state index in [0.29, 0.717) is 11.7 Å². The minimum Gasteiger partial charge on any atom is -0.348 e. The Labute approximate surface area is 128 Å². The highest BCUT2D eigenvalue weighted by Gasteiger charge is 2.25. The molecule has 2 aromatic rings. The molecule has 6 heteroatoms. The largest absolute Gasteiger partial charge is 0.348 e. The highest BCUT2D eigenvalue weighted by molar-refractivity contribution is 8.00. The van der Waals surface area contributed by atoms with Gasteiger partial charge in [0.25, 0.3) is 0 Å². The van der Waals surface area contributed by atoms with Crippen LogP contribution in [0.3, 0.4) is 0 Å². The molecule has 1 atom stereocenters. The predicted octanol–water partition coefficient (Wildman–Crippen LogP) is 2.30. The Bertz CT molecular complexity index is 573. The quantitative estimate of drug-likeness (QED) is 0.880. The van der Waals surface area contributed by atoms with Gasteiger partial charge in [0.2, 0.25) is 5.91 Å². The molecule has 110 valence electrons.